The summed E-state index contributed by atoms with van der Waals surface area (Å²) < 4.78 is 0. The van der Waals surface area contributed by atoms with Gasteiger partial charge in [0.05, 0.1) is 0 Å². The first kappa shape index (κ1) is 12.6. The van der Waals surface area contributed by atoms with Gasteiger partial charge in [0.1, 0.15) is 0 Å². The van der Waals surface area contributed by atoms with E-state index in [1.165, 1.54) is 18.9 Å². The zero-order valence-electron chi connectivity index (χ0n) is 11.3. The van der Waals surface area contributed by atoms with Crippen LogP contribution < -0.4 is 5.32 Å². The average molecular weight is 268 g/mol. The molecule has 20 heavy (non-hydrogen) atoms. The van der Waals surface area contributed by atoms with E-state index in [0.717, 1.165) is 16.8 Å². The Hall–Kier alpha value is -2.43. The highest BCUT2D eigenvalue weighted by Gasteiger charge is 2.28. The van der Waals surface area contributed by atoms with E-state index in [1.807, 2.05) is 19.1 Å². The van der Waals surface area contributed by atoms with Crippen LogP contribution in [0, 0.1) is 6.92 Å². The van der Waals surface area contributed by atoms with Crippen molar-refractivity contribution in [3.05, 3.63) is 47.4 Å². The summed E-state index contributed by atoms with van der Waals surface area (Å²) in [5.74, 6) is 1.04. The van der Waals surface area contributed by atoms with Crippen molar-refractivity contribution < 1.29 is 4.79 Å². The van der Waals surface area contributed by atoms with Gasteiger partial charge in [-0.15, -0.1) is 0 Å². The van der Waals surface area contributed by atoms with Crippen LogP contribution in [0.1, 0.15) is 35.6 Å². The molecule has 5 nitrogen and oxygen atoms in total. The first-order chi connectivity index (χ1) is 9.74. The van der Waals surface area contributed by atoms with Crippen molar-refractivity contribution >= 4 is 17.8 Å². The standard InChI is InChI=1S/C15H16N4O/c1-10-14(12-3-4-12)18-19-15(10)17-13(20)5-2-11-6-8-16-9-7-11/h2,5-9,12H,3-4H2,1H3,(H2,17,18,19,20)/b5-2+. The van der Waals surface area contributed by atoms with Crippen LogP contribution in [0.5, 0.6) is 0 Å². The van der Waals surface area contributed by atoms with Crippen molar-refractivity contribution in [1.29, 1.82) is 0 Å². The first-order valence-corrected chi connectivity index (χ1v) is 6.68. The molecule has 102 valence electrons. The molecular formula is C15H16N4O. The lowest BCUT2D eigenvalue weighted by molar-refractivity contribution is -0.111. The van der Waals surface area contributed by atoms with E-state index in [4.69, 9.17) is 0 Å². The Bertz CT molecular complexity index is 641. The molecule has 1 fully saturated rings. The number of amides is 1. The quantitative estimate of drug-likeness (QED) is 0.837. The number of carbonyl (C=O) groups excluding carboxylic acids is 1. The number of rotatable bonds is 4. The molecule has 2 aromatic rings. The van der Waals surface area contributed by atoms with Gasteiger partial charge in [0.2, 0.25) is 5.91 Å². The number of nitrogens with zero attached hydrogens (tertiary/aromatic N) is 2. The summed E-state index contributed by atoms with van der Waals surface area (Å²) in [4.78, 5) is 15.8. The molecule has 0 saturated heterocycles. The number of H-pyrrole nitrogens is 1. The molecule has 2 heterocycles. The van der Waals surface area contributed by atoms with Crippen molar-refractivity contribution in [1.82, 2.24) is 15.2 Å². The van der Waals surface area contributed by atoms with Gasteiger partial charge >= 0.3 is 0 Å². The molecule has 3 rings (SSSR count). The molecular weight excluding hydrogens is 252 g/mol. The molecule has 0 aliphatic heterocycles. The second kappa shape index (κ2) is 5.28. The van der Waals surface area contributed by atoms with Gasteiger partial charge in [0.25, 0.3) is 0 Å². The van der Waals surface area contributed by atoms with Crippen molar-refractivity contribution in [3.63, 3.8) is 0 Å². The fraction of sp³-hybridized carbons (Fsp3) is 0.267. The number of aromatic nitrogens is 3. The fourth-order valence-corrected chi connectivity index (χ4v) is 2.11. The normalized spacial score (nSPS) is 14.7. The van der Waals surface area contributed by atoms with Crippen LogP contribution in [-0.2, 0) is 4.79 Å². The van der Waals surface area contributed by atoms with Crippen LogP contribution in [0.25, 0.3) is 6.08 Å². The lowest BCUT2D eigenvalue weighted by atomic mass is 10.2. The average Bonchev–Trinajstić information content (AvgIpc) is 3.24. The van der Waals surface area contributed by atoms with Crippen molar-refractivity contribution in [3.8, 4) is 0 Å². The Morgan fingerprint density at radius 1 is 1.40 bits per heavy atom. The lowest BCUT2D eigenvalue weighted by Gasteiger charge is -1.99. The maximum absolute atomic E-state index is 11.9. The van der Waals surface area contributed by atoms with E-state index < -0.39 is 0 Å². The topological polar surface area (TPSA) is 70.7 Å². The molecule has 2 aromatic heterocycles. The van der Waals surface area contributed by atoms with Crippen molar-refractivity contribution in [2.45, 2.75) is 25.7 Å². The summed E-state index contributed by atoms with van der Waals surface area (Å²) in [7, 11) is 0. The summed E-state index contributed by atoms with van der Waals surface area (Å²) >= 11 is 0. The van der Waals surface area contributed by atoms with Gasteiger partial charge < -0.3 is 5.32 Å². The predicted molar refractivity (Wildman–Crippen MR) is 77.2 cm³/mol. The van der Waals surface area contributed by atoms with E-state index in [-0.39, 0.29) is 5.91 Å². The molecule has 0 bridgehead atoms. The highest BCUT2D eigenvalue weighted by Crippen LogP contribution is 2.41. The fourth-order valence-electron chi connectivity index (χ4n) is 2.11. The number of pyridine rings is 1. The Labute approximate surface area is 117 Å². The Morgan fingerprint density at radius 3 is 2.85 bits per heavy atom. The van der Waals surface area contributed by atoms with Gasteiger partial charge in [0, 0.05) is 35.6 Å². The van der Waals surface area contributed by atoms with Crippen molar-refractivity contribution in [2.24, 2.45) is 0 Å². The van der Waals surface area contributed by atoms with Gasteiger partial charge in [-0.25, -0.2) is 0 Å². The number of carbonyl (C=O) groups is 1. The largest absolute Gasteiger partial charge is 0.305 e. The van der Waals surface area contributed by atoms with E-state index in [0.29, 0.717) is 11.7 Å². The summed E-state index contributed by atoms with van der Waals surface area (Å²) in [5, 5.41) is 9.99. The third-order valence-corrected chi connectivity index (χ3v) is 3.41. The monoisotopic (exact) mass is 268 g/mol. The van der Waals surface area contributed by atoms with E-state index in [9.17, 15) is 4.79 Å². The maximum atomic E-state index is 11.9. The highest BCUT2D eigenvalue weighted by atomic mass is 16.1. The van der Waals surface area contributed by atoms with Crippen LogP contribution in [0.3, 0.4) is 0 Å². The summed E-state index contributed by atoms with van der Waals surface area (Å²) in [6, 6.07) is 3.68. The zero-order chi connectivity index (χ0) is 13.9. The van der Waals surface area contributed by atoms with E-state index >= 15 is 0 Å². The first-order valence-electron chi connectivity index (χ1n) is 6.68. The Kier molecular flexibility index (Phi) is 3.33. The van der Waals surface area contributed by atoms with Gasteiger partial charge in [0.15, 0.2) is 5.82 Å². The molecule has 0 radical (unpaired) electrons. The molecule has 1 amide bonds. The zero-order valence-corrected chi connectivity index (χ0v) is 11.3. The second-order valence-corrected chi connectivity index (χ2v) is 4.99. The molecule has 0 aromatic carbocycles. The van der Waals surface area contributed by atoms with E-state index in [1.54, 1.807) is 18.5 Å². The van der Waals surface area contributed by atoms with Crippen LogP contribution >= 0.6 is 0 Å². The van der Waals surface area contributed by atoms with Gasteiger partial charge in [-0.2, -0.15) is 5.10 Å². The SMILES string of the molecule is Cc1c(NC(=O)/C=C/c2ccncc2)n[nH]c1C1CC1. The highest BCUT2D eigenvalue weighted by molar-refractivity contribution is 6.01. The molecule has 0 spiro atoms. The number of hydrogen-bond acceptors (Lipinski definition) is 3. The molecule has 1 aliphatic carbocycles. The van der Waals surface area contributed by atoms with Crippen LogP contribution in [-0.4, -0.2) is 21.1 Å². The minimum Gasteiger partial charge on any atom is -0.305 e. The lowest BCUT2D eigenvalue weighted by Crippen LogP contribution is -2.09. The number of anilines is 1. The number of hydrogen-bond donors (Lipinski definition) is 2. The minimum absolute atomic E-state index is 0.182. The summed E-state index contributed by atoms with van der Waals surface area (Å²) in [6.45, 7) is 1.99. The Balaban J connectivity index is 1.65. The maximum Gasteiger partial charge on any atom is 0.249 e. The van der Waals surface area contributed by atoms with E-state index in [2.05, 4.69) is 20.5 Å². The number of nitrogens with one attached hydrogen (secondary N) is 2. The molecule has 1 aliphatic rings. The van der Waals surface area contributed by atoms with Crippen LogP contribution in [0.2, 0.25) is 0 Å². The van der Waals surface area contributed by atoms with Crippen LogP contribution in [0.4, 0.5) is 5.82 Å². The van der Waals surface area contributed by atoms with Crippen LogP contribution in [0.15, 0.2) is 30.6 Å². The predicted octanol–water partition coefficient (Wildman–Crippen LogP) is 2.64. The third-order valence-electron chi connectivity index (χ3n) is 3.41. The van der Waals surface area contributed by atoms with Gasteiger partial charge in [-0.1, -0.05) is 0 Å². The Morgan fingerprint density at radius 2 is 2.15 bits per heavy atom. The minimum atomic E-state index is -0.182. The third kappa shape index (κ3) is 2.77. The van der Waals surface area contributed by atoms with Gasteiger partial charge in [-0.3, -0.25) is 14.9 Å². The summed E-state index contributed by atoms with van der Waals surface area (Å²) in [5.41, 5.74) is 3.13. The molecule has 0 unspecified atom stereocenters. The molecule has 0 atom stereocenters. The summed E-state index contributed by atoms with van der Waals surface area (Å²) in [6.07, 6.45) is 9.05. The van der Waals surface area contributed by atoms with Gasteiger partial charge in [-0.05, 0) is 43.5 Å². The molecule has 5 heteroatoms. The smallest absolute Gasteiger partial charge is 0.249 e. The molecule has 1 saturated carbocycles. The number of aromatic amines is 1. The van der Waals surface area contributed by atoms with Crippen molar-refractivity contribution in [2.75, 3.05) is 5.32 Å². The second-order valence-electron chi connectivity index (χ2n) is 4.99. The molecule has 2 N–H and O–H groups in total.